The van der Waals surface area contributed by atoms with Crippen molar-refractivity contribution in [2.24, 2.45) is 5.92 Å². The van der Waals surface area contributed by atoms with Crippen LogP contribution in [0.3, 0.4) is 0 Å². The van der Waals surface area contributed by atoms with E-state index in [0.29, 0.717) is 5.92 Å². The van der Waals surface area contributed by atoms with Crippen LogP contribution in [0.4, 0.5) is 0 Å². The van der Waals surface area contributed by atoms with Gasteiger partial charge < -0.3 is 0 Å². The largest absolute Gasteiger partial charge is 0.256 e. The maximum absolute atomic E-state index is 4.76. The number of benzene rings is 2. The number of nitrogens with zero attached hydrogens (tertiary/aromatic N) is 1. The lowest BCUT2D eigenvalue weighted by Gasteiger charge is -2.29. The maximum Gasteiger partial charge on any atom is 0.0780 e. The second-order valence-corrected chi connectivity index (χ2v) is 8.60. The number of fused-ring (bicyclic) bond motifs is 1. The Morgan fingerprint density at radius 3 is 2.26 bits per heavy atom. The molecule has 1 unspecified atom stereocenters. The van der Waals surface area contributed by atoms with Crippen molar-refractivity contribution in [2.75, 3.05) is 0 Å². The van der Waals surface area contributed by atoms with Crippen LogP contribution in [-0.2, 0) is 0 Å². The third-order valence-electron chi connectivity index (χ3n) is 6.60. The normalized spacial score (nSPS) is 16.6. The summed E-state index contributed by atoms with van der Waals surface area (Å²) in [5.41, 5.74) is 7.90. The summed E-state index contributed by atoms with van der Waals surface area (Å²) in [4.78, 5) is 4.76. The topological polar surface area (TPSA) is 12.9 Å². The maximum atomic E-state index is 4.76. The van der Waals surface area contributed by atoms with E-state index in [-0.39, 0.29) is 0 Å². The molecule has 1 heterocycles. The number of aromatic nitrogens is 1. The lowest BCUT2D eigenvalue weighted by Crippen LogP contribution is -2.14. The summed E-state index contributed by atoms with van der Waals surface area (Å²) in [6.07, 6.45) is 9.00. The Balaban J connectivity index is 1.80. The summed E-state index contributed by atoms with van der Waals surface area (Å²) < 4.78 is 0. The Kier molecular flexibility index (Phi) is 5.04. The van der Waals surface area contributed by atoms with Crippen LogP contribution < -0.4 is 0 Å². The van der Waals surface area contributed by atoms with E-state index < -0.39 is 0 Å². The van der Waals surface area contributed by atoms with Gasteiger partial charge in [-0.3, -0.25) is 4.98 Å². The number of aryl methyl sites for hydroxylation is 3. The van der Waals surface area contributed by atoms with E-state index >= 15 is 0 Å². The third-order valence-corrected chi connectivity index (χ3v) is 6.60. The number of pyridine rings is 1. The van der Waals surface area contributed by atoms with Crippen molar-refractivity contribution in [3.05, 3.63) is 64.8 Å². The van der Waals surface area contributed by atoms with E-state index in [9.17, 15) is 0 Å². The fraction of sp³-hybridized carbons (Fsp3) is 0.423. The fourth-order valence-corrected chi connectivity index (χ4v) is 5.15. The second-order valence-electron chi connectivity index (χ2n) is 8.60. The molecule has 1 saturated carbocycles. The predicted octanol–water partition coefficient (Wildman–Crippen LogP) is 7.51. The second kappa shape index (κ2) is 7.46. The van der Waals surface area contributed by atoms with Gasteiger partial charge in [0.2, 0.25) is 0 Å². The van der Waals surface area contributed by atoms with Crippen LogP contribution in [-0.4, -0.2) is 4.98 Å². The van der Waals surface area contributed by atoms with Gasteiger partial charge in [0.15, 0.2) is 0 Å². The molecule has 4 rings (SSSR count). The molecule has 1 aliphatic rings. The summed E-state index contributed by atoms with van der Waals surface area (Å²) in [6.45, 7) is 9.08. The van der Waals surface area contributed by atoms with Gasteiger partial charge in [-0.15, -0.1) is 0 Å². The molecule has 0 saturated heterocycles. The van der Waals surface area contributed by atoms with Crippen molar-refractivity contribution in [3.8, 4) is 11.3 Å². The van der Waals surface area contributed by atoms with Crippen LogP contribution in [0, 0.1) is 26.7 Å². The van der Waals surface area contributed by atoms with E-state index in [1.54, 1.807) is 0 Å². The zero-order valence-electron chi connectivity index (χ0n) is 17.2. The Bertz CT molecular complexity index is 943. The van der Waals surface area contributed by atoms with Crippen LogP contribution in [0.15, 0.2) is 42.6 Å². The van der Waals surface area contributed by atoms with Crippen LogP contribution >= 0.6 is 0 Å². The summed E-state index contributed by atoms with van der Waals surface area (Å²) in [5.74, 6) is 1.49. The lowest BCUT2D eigenvalue weighted by molar-refractivity contribution is 0.315. The molecule has 0 radical (unpaired) electrons. The molecule has 27 heavy (non-hydrogen) atoms. The van der Waals surface area contributed by atoms with Gasteiger partial charge in [-0.1, -0.05) is 55.5 Å². The minimum Gasteiger partial charge on any atom is -0.256 e. The van der Waals surface area contributed by atoms with Crippen molar-refractivity contribution >= 4 is 10.8 Å². The predicted molar refractivity (Wildman–Crippen MR) is 116 cm³/mol. The van der Waals surface area contributed by atoms with Gasteiger partial charge >= 0.3 is 0 Å². The van der Waals surface area contributed by atoms with E-state index in [2.05, 4.69) is 64.1 Å². The van der Waals surface area contributed by atoms with Gasteiger partial charge in [-0.2, -0.15) is 0 Å². The Labute approximate surface area is 163 Å². The minimum absolute atomic E-state index is 0.646. The number of hydrogen-bond acceptors (Lipinski definition) is 1. The van der Waals surface area contributed by atoms with Gasteiger partial charge in [0.25, 0.3) is 0 Å². The number of hydrogen-bond donors (Lipinski definition) is 0. The van der Waals surface area contributed by atoms with E-state index in [0.717, 1.165) is 11.6 Å². The Morgan fingerprint density at radius 2 is 1.56 bits per heavy atom. The van der Waals surface area contributed by atoms with E-state index in [4.69, 9.17) is 4.98 Å². The van der Waals surface area contributed by atoms with Crippen molar-refractivity contribution in [1.82, 2.24) is 4.98 Å². The fourth-order valence-electron chi connectivity index (χ4n) is 5.15. The van der Waals surface area contributed by atoms with Crippen LogP contribution in [0.1, 0.15) is 67.2 Å². The van der Waals surface area contributed by atoms with Gasteiger partial charge in [0.05, 0.1) is 5.69 Å². The van der Waals surface area contributed by atoms with Crippen molar-refractivity contribution in [3.63, 3.8) is 0 Å². The Morgan fingerprint density at radius 1 is 0.852 bits per heavy atom. The lowest BCUT2D eigenvalue weighted by atomic mass is 9.76. The molecular formula is C26H31N. The molecule has 0 spiro atoms. The molecule has 0 aliphatic heterocycles. The summed E-state index contributed by atoms with van der Waals surface area (Å²) in [6, 6.07) is 13.6. The van der Waals surface area contributed by atoms with Gasteiger partial charge in [0.1, 0.15) is 0 Å². The first-order chi connectivity index (χ1) is 13.0. The molecule has 2 aromatic carbocycles. The first-order valence-corrected chi connectivity index (χ1v) is 10.5. The average molecular weight is 358 g/mol. The number of rotatable bonds is 3. The van der Waals surface area contributed by atoms with Crippen LogP contribution in [0.2, 0.25) is 0 Å². The molecule has 140 valence electrons. The van der Waals surface area contributed by atoms with Gasteiger partial charge in [-0.25, -0.2) is 0 Å². The SMILES string of the molecule is Cc1cc(C)cc(-c2nccc3c(C)c(C(C)C4CCCCC4)ccc23)c1. The van der Waals surface area contributed by atoms with Gasteiger partial charge in [0, 0.05) is 17.1 Å². The standard InChI is InChI=1S/C26H31N/c1-17-14-18(2)16-22(15-17)26-25-11-10-23(20(4)24(25)12-13-27-26)19(3)21-8-6-5-7-9-21/h10-16,19,21H,5-9H2,1-4H3. The zero-order chi connectivity index (χ0) is 19.0. The Hall–Kier alpha value is -2.15. The van der Waals surface area contributed by atoms with E-state index in [1.165, 1.54) is 70.7 Å². The molecule has 0 amide bonds. The molecule has 0 bridgehead atoms. The first-order valence-electron chi connectivity index (χ1n) is 10.5. The monoisotopic (exact) mass is 357 g/mol. The molecular weight excluding hydrogens is 326 g/mol. The minimum atomic E-state index is 0.646. The highest BCUT2D eigenvalue weighted by Crippen LogP contribution is 2.39. The molecule has 1 heteroatoms. The van der Waals surface area contributed by atoms with Crippen LogP contribution in [0.5, 0.6) is 0 Å². The van der Waals surface area contributed by atoms with Crippen molar-refractivity contribution in [2.45, 2.75) is 65.7 Å². The summed E-state index contributed by atoms with van der Waals surface area (Å²) >= 11 is 0. The summed E-state index contributed by atoms with van der Waals surface area (Å²) in [7, 11) is 0. The molecule has 1 aliphatic carbocycles. The van der Waals surface area contributed by atoms with Crippen molar-refractivity contribution < 1.29 is 0 Å². The molecule has 1 atom stereocenters. The van der Waals surface area contributed by atoms with E-state index in [1.807, 2.05) is 6.20 Å². The van der Waals surface area contributed by atoms with Gasteiger partial charge in [-0.05, 0) is 80.2 Å². The molecule has 1 nitrogen and oxygen atoms in total. The van der Waals surface area contributed by atoms with Crippen molar-refractivity contribution in [1.29, 1.82) is 0 Å². The third kappa shape index (κ3) is 3.52. The highest BCUT2D eigenvalue weighted by molar-refractivity contribution is 5.97. The highest BCUT2D eigenvalue weighted by Gasteiger charge is 2.23. The molecule has 0 N–H and O–H groups in total. The van der Waals surface area contributed by atoms with Crippen LogP contribution in [0.25, 0.3) is 22.0 Å². The molecule has 1 fully saturated rings. The average Bonchev–Trinajstić information content (AvgIpc) is 2.67. The zero-order valence-corrected chi connectivity index (χ0v) is 17.2. The molecule has 3 aromatic rings. The summed E-state index contributed by atoms with van der Waals surface area (Å²) in [5, 5.41) is 2.64. The quantitative estimate of drug-likeness (QED) is 0.472. The smallest absolute Gasteiger partial charge is 0.0780 e. The first kappa shape index (κ1) is 18.2. The molecule has 1 aromatic heterocycles. The highest BCUT2D eigenvalue weighted by atomic mass is 14.7.